The van der Waals surface area contributed by atoms with E-state index < -0.39 is 6.10 Å². The van der Waals surface area contributed by atoms with Crippen molar-refractivity contribution in [3.05, 3.63) is 60.5 Å². The van der Waals surface area contributed by atoms with Gasteiger partial charge in [0.15, 0.2) is 11.5 Å². The molecule has 0 aliphatic carbocycles. The summed E-state index contributed by atoms with van der Waals surface area (Å²) >= 11 is 0. The maximum absolute atomic E-state index is 13.2. The average molecular weight is 410 g/mol. The van der Waals surface area contributed by atoms with Crippen molar-refractivity contribution < 1.29 is 14.3 Å². The van der Waals surface area contributed by atoms with Crippen molar-refractivity contribution in [2.45, 2.75) is 39.7 Å². The monoisotopic (exact) mass is 409 g/mol. The first kappa shape index (κ1) is 21.7. The van der Waals surface area contributed by atoms with Gasteiger partial charge in [-0.2, -0.15) is 5.10 Å². The Morgan fingerprint density at radius 3 is 2.67 bits per heavy atom. The van der Waals surface area contributed by atoms with E-state index in [1.54, 1.807) is 6.21 Å². The predicted molar refractivity (Wildman–Crippen MR) is 119 cm³/mol. The third-order valence-corrected chi connectivity index (χ3v) is 5.17. The fourth-order valence-electron chi connectivity index (χ4n) is 3.87. The number of benzene rings is 1. The van der Waals surface area contributed by atoms with Gasteiger partial charge < -0.3 is 14.4 Å². The zero-order chi connectivity index (χ0) is 21.7. The van der Waals surface area contributed by atoms with E-state index in [-0.39, 0.29) is 18.4 Å². The summed E-state index contributed by atoms with van der Waals surface area (Å²) in [5.74, 6) is 1.39. The highest BCUT2D eigenvalue weighted by molar-refractivity contribution is 5.82. The molecule has 3 rings (SSSR count). The van der Waals surface area contributed by atoms with Crippen LogP contribution >= 0.6 is 0 Å². The first-order chi connectivity index (χ1) is 14.4. The number of hydrogen-bond acceptors (Lipinski definition) is 5. The number of allylic oxidation sites excluding steroid dienone is 3. The van der Waals surface area contributed by atoms with Crippen molar-refractivity contribution >= 4 is 12.1 Å². The van der Waals surface area contributed by atoms with Crippen LogP contribution in [0.1, 0.15) is 33.6 Å². The molecule has 6 nitrogen and oxygen atoms in total. The van der Waals surface area contributed by atoms with Crippen LogP contribution < -0.4 is 9.47 Å². The van der Waals surface area contributed by atoms with Crippen molar-refractivity contribution in [2.24, 2.45) is 11.0 Å². The van der Waals surface area contributed by atoms with E-state index in [1.807, 2.05) is 61.0 Å². The van der Waals surface area contributed by atoms with Gasteiger partial charge >= 0.3 is 0 Å². The van der Waals surface area contributed by atoms with E-state index in [2.05, 4.69) is 18.3 Å². The summed E-state index contributed by atoms with van der Waals surface area (Å²) in [4.78, 5) is 15.1. The number of carbonyl (C=O) groups excluding carboxylic acids is 1. The van der Waals surface area contributed by atoms with Crippen molar-refractivity contribution in [3.8, 4) is 11.5 Å². The number of hydrazone groups is 1. The first-order valence-corrected chi connectivity index (χ1v) is 10.4. The lowest BCUT2D eigenvalue weighted by molar-refractivity contribution is -0.142. The highest BCUT2D eigenvalue weighted by Gasteiger charge is 2.35. The molecule has 0 aromatic heterocycles. The highest BCUT2D eigenvalue weighted by Crippen LogP contribution is 2.33. The quantitative estimate of drug-likeness (QED) is 0.398. The number of piperidine rings is 1. The minimum atomic E-state index is -0.627. The Kier molecular flexibility index (Phi) is 6.98. The molecule has 1 aromatic carbocycles. The van der Waals surface area contributed by atoms with Gasteiger partial charge in [0.1, 0.15) is 6.61 Å². The van der Waals surface area contributed by atoms with E-state index in [4.69, 9.17) is 9.47 Å². The Hall–Kier alpha value is -3.02. The summed E-state index contributed by atoms with van der Waals surface area (Å²) in [5.41, 5.74) is 2.77. The second-order valence-electron chi connectivity index (χ2n) is 7.82. The van der Waals surface area contributed by atoms with Gasteiger partial charge in [0, 0.05) is 36.6 Å². The summed E-state index contributed by atoms with van der Waals surface area (Å²) in [6, 6.07) is 7.44. The standard InChI is InChI=1S/C24H31N3O3/c1-6-25-27(18(4)5)20(14-17(2)3)19-10-9-13-26(15-19)24(28)23-16-29-21-11-7-8-12-22(21)30-23/h6-8,11-12,14,19,23H,2,4,9-10,13,15-16H2,1,3,5H3/b20-14-,25-6-/t19?,23-/m1/s1. The van der Waals surface area contributed by atoms with E-state index in [9.17, 15) is 4.79 Å². The van der Waals surface area contributed by atoms with Gasteiger partial charge in [0.25, 0.3) is 5.91 Å². The van der Waals surface area contributed by atoms with Crippen molar-refractivity contribution in [1.82, 2.24) is 9.91 Å². The molecular weight excluding hydrogens is 378 g/mol. The lowest BCUT2D eigenvalue weighted by Crippen LogP contribution is -2.50. The molecule has 0 radical (unpaired) electrons. The van der Waals surface area contributed by atoms with Gasteiger partial charge in [-0.1, -0.05) is 30.9 Å². The number of hydrogen-bond donors (Lipinski definition) is 0. The molecule has 30 heavy (non-hydrogen) atoms. The van der Waals surface area contributed by atoms with E-state index >= 15 is 0 Å². The summed E-state index contributed by atoms with van der Waals surface area (Å²) < 4.78 is 11.7. The number of carbonyl (C=O) groups is 1. The van der Waals surface area contributed by atoms with Crippen LogP contribution in [0.2, 0.25) is 0 Å². The van der Waals surface area contributed by atoms with Crippen LogP contribution in [0.15, 0.2) is 65.6 Å². The molecule has 0 spiro atoms. The Morgan fingerprint density at radius 1 is 1.27 bits per heavy atom. The zero-order valence-electron chi connectivity index (χ0n) is 18.1. The summed E-state index contributed by atoms with van der Waals surface area (Å²) in [7, 11) is 0. The molecule has 2 atom stereocenters. The molecule has 2 aliphatic rings. The molecule has 2 aliphatic heterocycles. The maximum Gasteiger partial charge on any atom is 0.267 e. The molecule has 1 aromatic rings. The van der Waals surface area contributed by atoms with Gasteiger partial charge in [-0.15, -0.1) is 0 Å². The summed E-state index contributed by atoms with van der Waals surface area (Å²) in [5, 5.41) is 6.34. The molecule has 160 valence electrons. The number of para-hydroxylation sites is 2. The highest BCUT2D eigenvalue weighted by atomic mass is 16.6. The SMILES string of the molecule is C=C(C)/C=C(/C1CCCN(C(=O)[C@H]2COc3ccccc3O2)C1)N(/N=C\C)C(=C)C. The smallest absolute Gasteiger partial charge is 0.267 e. The van der Waals surface area contributed by atoms with E-state index in [1.165, 1.54) is 0 Å². The lowest BCUT2D eigenvalue weighted by Gasteiger charge is -2.38. The Bertz CT molecular complexity index is 874. The number of amides is 1. The van der Waals surface area contributed by atoms with Crippen molar-refractivity contribution in [3.63, 3.8) is 0 Å². The van der Waals surface area contributed by atoms with Crippen LogP contribution in [0, 0.1) is 5.92 Å². The number of nitrogens with zero attached hydrogens (tertiary/aromatic N) is 3. The Morgan fingerprint density at radius 2 is 2.00 bits per heavy atom. The number of fused-ring (bicyclic) bond motifs is 1. The van der Waals surface area contributed by atoms with Crippen LogP contribution in [-0.2, 0) is 4.79 Å². The van der Waals surface area contributed by atoms with Crippen LogP contribution in [0.5, 0.6) is 11.5 Å². The van der Waals surface area contributed by atoms with Gasteiger partial charge in [-0.3, -0.25) is 4.79 Å². The van der Waals surface area contributed by atoms with E-state index in [0.717, 1.165) is 29.8 Å². The topological polar surface area (TPSA) is 54.4 Å². The van der Waals surface area contributed by atoms with Crippen molar-refractivity contribution in [2.75, 3.05) is 19.7 Å². The normalized spacial score (nSPS) is 21.4. The number of likely N-dealkylation sites (tertiary alicyclic amines) is 1. The van der Waals surface area contributed by atoms with Crippen molar-refractivity contribution in [1.29, 1.82) is 0 Å². The maximum atomic E-state index is 13.2. The largest absolute Gasteiger partial charge is 0.485 e. The molecule has 2 heterocycles. The molecule has 1 amide bonds. The molecule has 1 fully saturated rings. The lowest BCUT2D eigenvalue weighted by atomic mass is 9.92. The summed E-state index contributed by atoms with van der Waals surface area (Å²) in [6.07, 6.45) is 5.04. The predicted octanol–water partition coefficient (Wildman–Crippen LogP) is 4.37. The molecule has 1 saturated heterocycles. The third kappa shape index (κ3) is 4.93. The minimum Gasteiger partial charge on any atom is -0.485 e. The van der Waals surface area contributed by atoms with Crippen LogP contribution in [-0.4, -0.2) is 47.8 Å². The van der Waals surface area contributed by atoms with Crippen LogP contribution in [0.25, 0.3) is 0 Å². The second-order valence-corrected chi connectivity index (χ2v) is 7.82. The fraction of sp³-hybridized carbons (Fsp3) is 0.417. The first-order valence-electron chi connectivity index (χ1n) is 10.4. The fourth-order valence-corrected chi connectivity index (χ4v) is 3.87. The molecule has 0 bridgehead atoms. The molecule has 0 N–H and O–H groups in total. The molecule has 0 saturated carbocycles. The van der Waals surface area contributed by atoms with Crippen LogP contribution in [0.3, 0.4) is 0 Å². The van der Waals surface area contributed by atoms with Gasteiger partial charge in [-0.25, -0.2) is 5.01 Å². The average Bonchev–Trinajstić information content (AvgIpc) is 2.75. The number of ether oxygens (including phenoxy) is 2. The van der Waals surface area contributed by atoms with Crippen LogP contribution in [0.4, 0.5) is 0 Å². The second kappa shape index (κ2) is 9.65. The Balaban J connectivity index is 1.77. The molecule has 1 unspecified atom stereocenters. The minimum absolute atomic E-state index is 0.0373. The van der Waals surface area contributed by atoms with Gasteiger partial charge in [0.05, 0.1) is 0 Å². The van der Waals surface area contributed by atoms with E-state index in [0.29, 0.717) is 24.6 Å². The molecular formula is C24H31N3O3. The zero-order valence-corrected chi connectivity index (χ0v) is 18.1. The molecule has 6 heteroatoms. The summed E-state index contributed by atoms with van der Waals surface area (Å²) in [6.45, 7) is 15.4. The van der Waals surface area contributed by atoms with Gasteiger partial charge in [0.2, 0.25) is 6.10 Å². The Labute approximate surface area is 179 Å². The van der Waals surface area contributed by atoms with Gasteiger partial charge in [-0.05, 0) is 51.8 Å². The number of rotatable bonds is 6. The third-order valence-electron chi connectivity index (χ3n) is 5.17.